The molecule has 0 aromatic heterocycles. The molecule has 0 aliphatic heterocycles. The molecule has 1 rings (SSSR count). The molecule has 6 heteroatoms. The molecule has 0 bridgehead atoms. The van der Waals surface area contributed by atoms with Crippen molar-refractivity contribution in [1.29, 1.82) is 0 Å². The molecule has 1 aromatic rings. The number of carbonyl (C=O) groups excluding carboxylic acids is 1. The van der Waals surface area contributed by atoms with Gasteiger partial charge in [-0.1, -0.05) is 23.2 Å². The number of rotatable bonds is 5. The van der Waals surface area contributed by atoms with Crippen molar-refractivity contribution < 1.29 is 14.7 Å². The third-order valence-electron chi connectivity index (χ3n) is 1.98. The Morgan fingerprint density at radius 3 is 2.75 bits per heavy atom. The zero-order chi connectivity index (χ0) is 12.1. The van der Waals surface area contributed by atoms with E-state index in [2.05, 4.69) is 5.32 Å². The normalized spacial score (nSPS) is 11.9. The first-order valence-corrected chi connectivity index (χ1v) is 5.16. The minimum absolute atomic E-state index is 0.251. The van der Waals surface area contributed by atoms with Crippen molar-refractivity contribution in [3.8, 4) is 0 Å². The predicted molar refractivity (Wildman–Crippen MR) is 60.7 cm³/mol. The fourth-order valence-corrected chi connectivity index (χ4v) is 1.73. The van der Waals surface area contributed by atoms with E-state index in [1.54, 1.807) is 12.1 Å². The second-order valence-corrected chi connectivity index (χ2v) is 3.94. The molecular weight excluding hydrogens is 253 g/mol. The van der Waals surface area contributed by atoms with Gasteiger partial charge in [0.05, 0.1) is 12.5 Å². The van der Waals surface area contributed by atoms with E-state index in [0.29, 0.717) is 22.0 Å². The molecule has 86 valence electrons. The van der Waals surface area contributed by atoms with Crippen molar-refractivity contribution in [1.82, 2.24) is 5.32 Å². The first-order chi connectivity index (χ1) is 7.54. The van der Waals surface area contributed by atoms with Crippen LogP contribution in [0.5, 0.6) is 0 Å². The summed E-state index contributed by atoms with van der Waals surface area (Å²) in [5, 5.41) is 11.9. The highest BCUT2D eigenvalue weighted by molar-refractivity contribution is 6.33. The lowest BCUT2D eigenvalue weighted by Gasteiger charge is -2.15. The molecule has 1 aromatic carbocycles. The lowest BCUT2D eigenvalue weighted by Crippen LogP contribution is -2.22. The highest BCUT2D eigenvalue weighted by Gasteiger charge is 2.17. The number of halogens is 2. The summed E-state index contributed by atoms with van der Waals surface area (Å²) in [6, 6.07) is 4.00. The molecule has 0 unspecified atom stereocenters. The summed E-state index contributed by atoms with van der Waals surface area (Å²) < 4.78 is 0. The minimum atomic E-state index is -1.03. The summed E-state index contributed by atoms with van der Waals surface area (Å²) in [4.78, 5) is 21.0. The molecular formula is C10H9Cl2NO3. The molecule has 0 radical (unpaired) electrons. The summed E-state index contributed by atoms with van der Waals surface area (Å²) in [6.07, 6.45) is 0.184. The first-order valence-electron chi connectivity index (χ1n) is 4.41. The molecule has 1 amide bonds. The van der Waals surface area contributed by atoms with Crippen molar-refractivity contribution in [2.45, 2.75) is 12.5 Å². The van der Waals surface area contributed by atoms with E-state index in [4.69, 9.17) is 28.3 Å². The standard InChI is InChI=1S/C10H9Cl2NO3/c11-6-1-2-8(12)7(3-6)9(13-5-14)4-10(15)16/h1-3,5,9H,4H2,(H,13,14)(H,15,16)/t9-/m0/s1. The SMILES string of the molecule is O=CN[C@@H](CC(=O)O)c1cc(Cl)ccc1Cl. The Morgan fingerprint density at radius 1 is 1.50 bits per heavy atom. The van der Waals surface area contributed by atoms with Crippen LogP contribution in [0.4, 0.5) is 0 Å². The van der Waals surface area contributed by atoms with Crippen LogP contribution in [0.2, 0.25) is 10.0 Å². The minimum Gasteiger partial charge on any atom is -0.481 e. The monoisotopic (exact) mass is 261 g/mol. The molecule has 0 aliphatic rings. The fraction of sp³-hybridized carbons (Fsp3) is 0.200. The van der Waals surface area contributed by atoms with Gasteiger partial charge in [-0.2, -0.15) is 0 Å². The van der Waals surface area contributed by atoms with Crippen molar-refractivity contribution >= 4 is 35.6 Å². The highest BCUT2D eigenvalue weighted by atomic mass is 35.5. The van der Waals surface area contributed by atoms with Crippen LogP contribution < -0.4 is 5.32 Å². The van der Waals surface area contributed by atoms with E-state index in [1.807, 2.05) is 0 Å². The van der Waals surface area contributed by atoms with Gasteiger partial charge in [0.1, 0.15) is 0 Å². The molecule has 0 aliphatic carbocycles. The number of amides is 1. The highest BCUT2D eigenvalue weighted by Crippen LogP contribution is 2.27. The van der Waals surface area contributed by atoms with Crippen LogP contribution in [0, 0.1) is 0 Å². The van der Waals surface area contributed by atoms with Crippen molar-refractivity contribution in [2.24, 2.45) is 0 Å². The van der Waals surface area contributed by atoms with Gasteiger partial charge >= 0.3 is 5.97 Å². The summed E-state index contributed by atoms with van der Waals surface area (Å²) in [5.41, 5.74) is 0.490. The Labute approximate surface area is 102 Å². The Morgan fingerprint density at radius 2 is 2.19 bits per heavy atom. The van der Waals surface area contributed by atoms with E-state index in [0.717, 1.165) is 0 Å². The van der Waals surface area contributed by atoms with Crippen LogP contribution in [0.15, 0.2) is 18.2 Å². The molecule has 0 spiro atoms. The predicted octanol–water partition coefficient (Wildman–Crippen LogP) is 2.26. The number of aliphatic carboxylic acids is 1. The number of nitrogens with one attached hydrogen (secondary N) is 1. The zero-order valence-electron chi connectivity index (χ0n) is 8.11. The van der Waals surface area contributed by atoms with Gasteiger partial charge in [-0.15, -0.1) is 0 Å². The third kappa shape index (κ3) is 3.40. The Hall–Kier alpha value is -1.26. The summed E-state index contributed by atoms with van der Waals surface area (Å²) in [7, 11) is 0. The molecule has 1 atom stereocenters. The van der Waals surface area contributed by atoms with Crippen LogP contribution >= 0.6 is 23.2 Å². The average Bonchev–Trinajstić information content (AvgIpc) is 2.20. The maximum Gasteiger partial charge on any atom is 0.305 e. The molecule has 0 heterocycles. The van der Waals surface area contributed by atoms with Gasteiger partial charge in [0.2, 0.25) is 6.41 Å². The second kappa shape index (κ2) is 5.72. The van der Waals surface area contributed by atoms with Gasteiger partial charge in [0.25, 0.3) is 0 Å². The molecule has 0 fully saturated rings. The second-order valence-electron chi connectivity index (χ2n) is 3.10. The molecule has 0 saturated carbocycles. The summed E-state index contributed by atoms with van der Waals surface area (Å²) in [6.45, 7) is 0. The maximum atomic E-state index is 10.6. The number of carboxylic acids is 1. The van der Waals surface area contributed by atoms with E-state index in [1.165, 1.54) is 6.07 Å². The van der Waals surface area contributed by atoms with Crippen molar-refractivity contribution in [3.63, 3.8) is 0 Å². The van der Waals surface area contributed by atoms with E-state index < -0.39 is 12.0 Å². The van der Waals surface area contributed by atoms with Gasteiger partial charge in [-0.25, -0.2) is 0 Å². The van der Waals surface area contributed by atoms with Crippen LogP contribution in [0.1, 0.15) is 18.0 Å². The summed E-state index contributed by atoms with van der Waals surface area (Å²) in [5.74, 6) is -1.03. The van der Waals surface area contributed by atoms with E-state index in [-0.39, 0.29) is 6.42 Å². The molecule has 4 nitrogen and oxygen atoms in total. The Balaban J connectivity index is 3.03. The lowest BCUT2D eigenvalue weighted by molar-refractivity contribution is -0.137. The zero-order valence-corrected chi connectivity index (χ0v) is 9.63. The van der Waals surface area contributed by atoms with Gasteiger partial charge in [-0.05, 0) is 23.8 Å². The van der Waals surface area contributed by atoms with Gasteiger partial charge in [0, 0.05) is 10.0 Å². The van der Waals surface area contributed by atoms with E-state index >= 15 is 0 Å². The largest absolute Gasteiger partial charge is 0.481 e. The quantitative estimate of drug-likeness (QED) is 0.800. The average molecular weight is 262 g/mol. The van der Waals surface area contributed by atoms with Crippen LogP contribution in [-0.4, -0.2) is 17.5 Å². The lowest BCUT2D eigenvalue weighted by atomic mass is 10.0. The van der Waals surface area contributed by atoms with Gasteiger partial charge in [-0.3, -0.25) is 9.59 Å². The Bertz CT molecular complexity index is 409. The van der Waals surface area contributed by atoms with Gasteiger partial charge < -0.3 is 10.4 Å². The van der Waals surface area contributed by atoms with E-state index in [9.17, 15) is 9.59 Å². The molecule has 16 heavy (non-hydrogen) atoms. The number of carboxylic acid groups (broad SMARTS) is 1. The Kier molecular flexibility index (Phi) is 4.58. The number of carbonyl (C=O) groups is 2. The van der Waals surface area contributed by atoms with Gasteiger partial charge in [0.15, 0.2) is 0 Å². The van der Waals surface area contributed by atoms with Crippen LogP contribution in [0.25, 0.3) is 0 Å². The number of hydrogen-bond donors (Lipinski definition) is 2. The van der Waals surface area contributed by atoms with Crippen LogP contribution in [-0.2, 0) is 9.59 Å². The third-order valence-corrected chi connectivity index (χ3v) is 2.56. The number of hydrogen-bond acceptors (Lipinski definition) is 2. The first kappa shape index (κ1) is 12.8. The van der Waals surface area contributed by atoms with Crippen LogP contribution in [0.3, 0.4) is 0 Å². The maximum absolute atomic E-state index is 10.6. The molecule has 0 saturated heterocycles. The molecule has 2 N–H and O–H groups in total. The topological polar surface area (TPSA) is 66.4 Å². The fourth-order valence-electron chi connectivity index (χ4n) is 1.30. The summed E-state index contributed by atoms with van der Waals surface area (Å²) >= 11 is 11.7. The van der Waals surface area contributed by atoms with Crippen molar-refractivity contribution in [3.05, 3.63) is 33.8 Å². The number of benzene rings is 1. The smallest absolute Gasteiger partial charge is 0.305 e. The van der Waals surface area contributed by atoms with Crippen molar-refractivity contribution in [2.75, 3.05) is 0 Å².